The quantitative estimate of drug-likeness (QED) is 0.504. The van der Waals surface area contributed by atoms with Crippen LogP contribution in [0.2, 0.25) is 0 Å². The molecule has 3 rings (SSSR count). The van der Waals surface area contributed by atoms with Gasteiger partial charge in [-0.25, -0.2) is 0 Å². The Labute approximate surface area is 202 Å². The summed E-state index contributed by atoms with van der Waals surface area (Å²) in [4.78, 5) is 51.6. The number of alkyl halides is 3. The zero-order valence-electron chi connectivity index (χ0n) is 20.5. The predicted octanol–water partition coefficient (Wildman–Crippen LogP) is 1.10. The van der Waals surface area contributed by atoms with Crippen LogP contribution in [0.3, 0.4) is 0 Å². The number of carbonyl (C=O) groups excluding carboxylic acids is 4. The van der Waals surface area contributed by atoms with Crippen molar-refractivity contribution in [1.29, 1.82) is 5.26 Å². The fourth-order valence-corrected chi connectivity index (χ4v) is 5.40. The van der Waals surface area contributed by atoms with Gasteiger partial charge in [-0.2, -0.15) is 18.4 Å². The summed E-state index contributed by atoms with van der Waals surface area (Å²) in [5.41, 5.74) is -1.33. The Balaban J connectivity index is 1.81. The molecule has 12 heteroatoms. The van der Waals surface area contributed by atoms with E-state index in [4.69, 9.17) is 0 Å². The second kappa shape index (κ2) is 8.99. The SMILES string of the molecule is CC(C)(C)[C@H](NC(=O)C(F)(F)F)C(=O)N1C[C@H]2[C@@H]([C@H]1C(=O)NC(C#N)C[C@@H]1CCNC1=O)C2(C)C. The molecule has 0 spiro atoms. The van der Waals surface area contributed by atoms with E-state index in [1.54, 1.807) is 5.32 Å². The van der Waals surface area contributed by atoms with Crippen molar-refractivity contribution < 1.29 is 32.3 Å². The summed E-state index contributed by atoms with van der Waals surface area (Å²) in [6.45, 7) is 9.13. The van der Waals surface area contributed by atoms with Crippen molar-refractivity contribution >= 4 is 23.6 Å². The van der Waals surface area contributed by atoms with Gasteiger partial charge in [0.1, 0.15) is 18.1 Å². The lowest BCUT2D eigenvalue weighted by Gasteiger charge is -2.37. The van der Waals surface area contributed by atoms with Crippen LogP contribution in [0.25, 0.3) is 0 Å². The fourth-order valence-electron chi connectivity index (χ4n) is 5.40. The van der Waals surface area contributed by atoms with Gasteiger partial charge in [-0.3, -0.25) is 19.2 Å². The van der Waals surface area contributed by atoms with Crippen molar-refractivity contribution in [3.8, 4) is 6.07 Å². The molecule has 3 aliphatic rings. The highest BCUT2D eigenvalue weighted by molar-refractivity contribution is 5.95. The van der Waals surface area contributed by atoms with E-state index < -0.39 is 53.4 Å². The number of hydrogen-bond acceptors (Lipinski definition) is 5. The Morgan fingerprint density at radius 3 is 2.34 bits per heavy atom. The Kier molecular flexibility index (Phi) is 6.87. The minimum absolute atomic E-state index is 0.0396. The third-order valence-electron chi connectivity index (χ3n) is 7.56. The average Bonchev–Trinajstić information content (AvgIpc) is 3.10. The molecule has 0 aromatic rings. The molecule has 194 valence electrons. The van der Waals surface area contributed by atoms with Crippen molar-refractivity contribution in [3.05, 3.63) is 0 Å². The smallest absolute Gasteiger partial charge is 0.356 e. The molecule has 1 aliphatic carbocycles. The van der Waals surface area contributed by atoms with E-state index in [0.29, 0.717) is 13.0 Å². The standard InChI is InChI=1S/C23H32F3N5O4/c1-21(2,3)16(30-20(35)23(24,25)26)19(34)31-10-13-14(22(13,4)5)15(31)18(33)29-12(9-27)8-11-6-7-28-17(11)32/h11-16H,6-8,10H2,1-5H3,(H,28,32)(H,29,33)(H,30,35)/t11-,12?,13-,14-,15-,16+/m0/s1. The number of hydrogen-bond donors (Lipinski definition) is 3. The van der Waals surface area contributed by atoms with E-state index in [1.807, 2.05) is 19.9 Å². The average molecular weight is 500 g/mol. The molecule has 6 atom stereocenters. The summed E-state index contributed by atoms with van der Waals surface area (Å²) >= 11 is 0. The van der Waals surface area contributed by atoms with Gasteiger partial charge in [0, 0.05) is 19.0 Å². The van der Waals surface area contributed by atoms with Gasteiger partial charge >= 0.3 is 12.1 Å². The van der Waals surface area contributed by atoms with E-state index in [-0.39, 0.29) is 36.1 Å². The van der Waals surface area contributed by atoms with Gasteiger partial charge < -0.3 is 20.9 Å². The van der Waals surface area contributed by atoms with Crippen LogP contribution in [0.15, 0.2) is 0 Å². The van der Waals surface area contributed by atoms with E-state index in [1.165, 1.54) is 25.7 Å². The molecule has 35 heavy (non-hydrogen) atoms. The summed E-state index contributed by atoms with van der Waals surface area (Å²) < 4.78 is 38.8. The maximum Gasteiger partial charge on any atom is 0.471 e. The van der Waals surface area contributed by atoms with Gasteiger partial charge in [0.15, 0.2) is 0 Å². The minimum Gasteiger partial charge on any atom is -0.356 e. The number of nitrogens with zero attached hydrogens (tertiary/aromatic N) is 2. The third kappa shape index (κ3) is 5.23. The molecule has 2 aliphatic heterocycles. The number of rotatable bonds is 6. The maximum atomic E-state index is 13.5. The summed E-state index contributed by atoms with van der Waals surface area (Å²) in [5, 5.41) is 16.7. The highest BCUT2D eigenvalue weighted by atomic mass is 19.4. The molecular formula is C23H32F3N5O4. The molecule has 3 N–H and O–H groups in total. The normalized spacial score (nSPS) is 28.9. The molecule has 0 aromatic carbocycles. The lowest BCUT2D eigenvalue weighted by molar-refractivity contribution is -0.176. The molecule has 2 saturated heterocycles. The molecule has 1 unspecified atom stereocenters. The Hall–Kier alpha value is -2.84. The first-order valence-electron chi connectivity index (χ1n) is 11.7. The van der Waals surface area contributed by atoms with Gasteiger partial charge in [-0.15, -0.1) is 0 Å². The van der Waals surface area contributed by atoms with Crippen molar-refractivity contribution in [3.63, 3.8) is 0 Å². The second-order valence-electron chi connectivity index (χ2n) is 11.4. The first kappa shape index (κ1) is 26.8. The van der Waals surface area contributed by atoms with Crippen LogP contribution in [0.5, 0.6) is 0 Å². The summed E-state index contributed by atoms with van der Waals surface area (Å²) in [5.74, 6) is -4.46. The number of piperidine rings is 1. The number of likely N-dealkylation sites (tertiary alicyclic amines) is 1. The monoisotopic (exact) mass is 499 g/mol. The summed E-state index contributed by atoms with van der Waals surface area (Å²) in [6, 6.07) is -1.48. The van der Waals surface area contributed by atoms with Crippen molar-refractivity contribution in [2.24, 2.45) is 28.6 Å². The molecule has 0 aromatic heterocycles. The van der Waals surface area contributed by atoms with E-state index in [0.717, 1.165) is 0 Å². The number of amides is 4. The summed E-state index contributed by atoms with van der Waals surface area (Å²) in [7, 11) is 0. The van der Waals surface area contributed by atoms with Crippen LogP contribution in [0, 0.1) is 39.9 Å². The Morgan fingerprint density at radius 2 is 1.86 bits per heavy atom. The largest absolute Gasteiger partial charge is 0.471 e. The Bertz CT molecular complexity index is 952. The molecule has 9 nitrogen and oxygen atoms in total. The number of carbonyl (C=O) groups is 4. The molecule has 0 bridgehead atoms. The third-order valence-corrected chi connectivity index (χ3v) is 7.56. The Morgan fingerprint density at radius 1 is 1.23 bits per heavy atom. The number of fused-ring (bicyclic) bond motifs is 1. The van der Waals surface area contributed by atoms with Crippen molar-refractivity contribution in [2.75, 3.05) is 13.1 Å². The highest BCUT2D eigenvalue weighted by Gasteiger charge is 2.70. The molecule has 2 heterocycles. The van der Waals surface area contributed by atoms with Crippen LogP contribution in [-0.4, -0.2) is 65.9 Å². The number of nitrogens with one attached hydrogen (secondary N) is 3. The fraction of sp³-hybridized carbons (Fsp3) is 0.783. The van der Waals surface area contributed by atoms with Gasteiger partial charge in [-0.05, 0) is 35.5 Å². The molecular weight excluding hydrogens is 467 g/mol. The number of halogens is 3. The lowest BCUT2D eigenvalue weighted by Crippen LogP contribution is -2.61. The summed E-state index contributed by atoms with van der Waals surface area (Å²) in [6.07, 6.45) is -4.49. The van der Waals surface area contributed by atoms with Crippen LogP contribution >= 0.6 is 0 Å². The second-order valence-corrected chi connectivity index (χ2v) is 11.4. The zero-order valence-corrected chi connectivity index (χ0v) is 20.5. The van der Waals surface area contributed by atoms with E-state index >= 15 is 0 Å². The van der Waals surface area contributed by atoms with Gasteiger partial charge in [0.2, 0.25) is 17.7 Å². The molecule has 3 fully saturated rings. The van der Waals surface area contributed by atoms with Crippen LogP contribution in [0.4, 0.5) is 13.2 Å². The van der Waals surface area contributed by atoms with Crippen LogP contribution in [-0.2, 0) is 19.2 Å². The first-order chi connectivity index (χ1) is 16.0. The van der Waals surface area contributed by atoms with E-state index in [2.05, 4.69) is 10.6 Å². The topological polar surface area (TPSA) is 131 Å². The molecule has 0 radical (unpaired) electrons. The van der Waals surface area contributed by atoms with Gasteiger partial charge in [-0.1, -0.05) is 34.6 Å². The predicted molar refractivity (Wildman–Crippen MR) is 117 cm³/mol. The first-order valence-corrected chi connectivity index (χ1v) is 11.7. The van der Waals surface area contributed by atoms with Gasteiger partial charge in [0.25, 0.3) is 0 Å². The van der Waals surface area contributed by atoms with Gasteiger partial charge in [0.05, 0.1) is 6.07 Å². The van der Waals surface area contributed by atoms with Crippen LogP contribution < -0.4 is 16.0 Å². The highest BCUT2D eigenvalue weighted by Crippen LogP contribution is 2.65. The molecule has 1 saturated carbocycles. The minimum atomic E-state index is -5.16. The van der Waals surface area contributed by atoms with Crippen molar-refractivity contribution in [1.82, 2.24) is 20.9 Å². The lowest BCUT2D eigenvalue weighted by atomic mass is 9.85. The zero-order chi connectivity index (χ0) is 26.5. The number of nitriles is 1. The van der Waals surface area contributed by atoms with Crippen LogP contribution in [0.1, 0.15) is 47.5 Å². The van der Waals surface area contributed by atoms with Crippen molar-refractivity contribution in [2.45, 2.75) is 71.8 Å². The molecule has 4 amide bonds. The van der Waals surface area contributed by atoms with E-state index in [9.17, 15) is 37.6 Å². The maximum absolute atomic E-state index is 13.5.